The maximum atomic E-state index is 11.6. The molecule has 0 aliphatic heterocycles. The van der Waals surface area contributed by atoms with Crippen LogP contribution in [-0.4, -0.2) is 11.0 Å². The molecule has 2 N–H and O–H groups in total. The SMILES string of the molecule is Nc1ccccc1OC(=O)c1cccnc1. The molecule has 1 heterocycles. The summed E-state index contributed by atoms with van der Waals surface area (Å²) in [4.78, 5) is 15.5. The van der Waals surface area contributed by atoms with Crippen molar-refractivity contribution in [1.82, 2.24) is 4.98 Å². The zero-order chi connectivity index (χ0) is 11.4. The number of esters is 1. The van der Waals surface area contributed by atoms with Crippen molar-refractivity contribution in [3.8, 4) is 5.75 Å². The van der Waals surface area contributed by atoms with Gasteiger partial charge in [0.2, 0.25) is 0 Å². The molecule has 0 unspecified atom stereocenters. The normalized spacial score (nSPS) is 9.75. The molecule has 2 aromatic rings. The first-order valence-corrected chi connectivity index (χ1v) is 4.74. The van der Waals surface area contributed by atoms with Crippen molar-refractivity contribution in [3.63, 3.8) is 0 Å². The highest BCUT2D eigenvalue weighted by Crippen LogP contribution is 2.20. The fourth-order valence-corrected chi connectivity index (χ4v) is 1.22. The van der Waals surface area contributed by atoms with Crippen LogP contribution in [0, 0.1) is 0 Å². The van der Waals surface area contributed by atoms with Crippen LogP contribution in [0.25, 0.3) is 0 Å². The standard InChI is InChI=1S/C12H10N2O2/c13-10-5-1-2-6-11(10)16-12(15)9-4-3-7-14-8-9/h1-8H,13H2. The Hall–Kier alpha value is -2.36. The topological polar surface area (TPSA) is 65.2 Å². The van der Waals surface area contributed by atoms with Gasteiger partial charge in [0.25, 0.3) is 0 Å². The monoisotopic (exact) mass is 214 g/mol. The van der Waals surface area contributed by atoms with Gasteiger partial charge in [0.1, 0.15) is 0 Å². The van der Waals surface area contributed by atoms with Gasteiger partial charge in [-0.25, -0.2) is 4.79 Å². The minimum Gasteiger partial charge on any atom is -0.421 e. The molecule has 1 aromatic heterocycles. The number of benzene rings is 1. The van der Waals surface area contributed by atoms with Gasteiger partial charge in [-0.1, -0.05) is 12.1 Å². The number of aromatic nitrogens is 1. The van der Waals surface area contributed by atoms with Crippen molar-refractivity contribution in [2.45, 2.75) is 0 Å². The van der Waals surface area contributed by atoms with Crippen LogP contribution in [0.2, 0.25) is 0 Å². The molecule has 0 bridgehead atoms. The van der Waals surface area contributed by atoms with E-state index in [1.807, 2.05) is 0 Å². The van der Waals surface area contributed by atoms with E-state index in [4.69, 9.17) is 10.5 Å². The first kappa shape index (κ1) is 10.2. The molecular formula is C12H10N2O2. The highest BCUT2D eigenvalue weighted by Gasteiger charge is 2.09. The third-order valence-electron chi connectivity index (χ3n) is 2.02. The number of carbonyl (C=O) groups is 1. The number of rotatable bonds is 2. The maximum Gasteiger partial charge on any atom is 0.345 e. The summed E-state index contributed by atoms with van der Waals surface area (Å²) < 4.78 is 5.13. The van der Waals surface area contributed by atoms with E-state index in [0.29, 0.717) is 17.0 Å². The zero-order valence-corrected chi connectivity index (χ0v) is 8.46. The molecular weight excluding hydrogens is 204 g/mol. The number of hydrogen-bond acceptors (Lipinski definition) is 4. The van der Waals surface area contributed by atoms with Crippen molar-refractivity contribution in [2.24, 2.45) is 0 Å². The number of ether oxygens (including phenoxy) is 1. The van der Waals surface area contributed by atoms with Crippen molar-refractivity contribution < 1.29 is 9.53 Å². The van der Waals surface area contributed by atoms with Crippen molar-refractivity contribution in [1.29, 1.82) is 0 Å². The smallest absolute Gasteiger partial charge is 0.345 e. The molecule has 0 saturated carbocycles. The molecule has 0 aliphatic carbocycles. The number of nitrogen functional groups attached to an aromatic ring is 1. The lowest BCUT2D eigenvalue weighted by Gasteiger charge is -2.05. The summed E-state index contributed by atoms with van der Waals surface area (Å²) in [5, 5.41) is 0. The molecule has 80 valence electrons. The van der Waals surface area contributed by atoms with Crippen molar-refractivity contribution in [3.05, 3.63) is 54.4 Å². The summed E-state index contributed by atoms with van der Waals surface area (Å²) in [6.45, 7) is 0. The van der Waals surface area contributed by atoms with Crippen LogP contribution < -0.4 is 10.5 Å². The van der Waals surface area contributed by atoms with Crippen LogP contribution in [0.3, 0.4) is 0 Å². The molecule has 0 fully saturated rings. The first-order valence-electron chi connectivity index (χ1n) is 4.74. The molecule has 0 atom stereocenters. The molecule has 0 saturated heterocycles. The number of nitrogens with zero attached hydrogens (tertiary/aromatic N) is 1. The lowest BCUT2D eigenvalue weighted by atomic mass is 10.3. The second-order valence-electron chi connectivity index (χ2n) is 3.17. The van der Waals surface area contributed by atoms with Gasteiger partial charge in [-0.3, -0.25) is 4.98 Å². The zero-order valence-electron chi connectivity index (χ0n) is 8.46. The van der Waals surface area contributed by atoms with Gasteiger partial charge in [0.15, 0.2) is 5.75 Å². The largest absolute Gasteiger partial charge is 0.421 e. The Morgan fingerprint density at radius 3 is 2.69 bits per heavy atom. The average molecular weight is 214 g/mol. The van der Waals surface area contributed by atoms with Crippen LogP contribution in [-0.2, 0) is 0 Å². The summed E-state index contributed by atoms with van der Waals surface area (Å²) in [7, 11) is 0. The van der Waals surface area contributed by atoms with Crippen molar-refractivity contribution in [2.75, 3.05) is 5.73 Å². The predicted molar refractivity (Wildman–Crippen MR) is 60.0 cm³/mol. The van der Waals surface area contributed by atoms with Crippen molar-refractivity contribution >= 4 is 11.7 Å². The minimum absolute atomic E-state index is 0.358. The van der Waals surface area contributed by atoms with Crippen LogP contribution in [0.15, 0.2) is 48.8 Å². The minimum atomic E-state index is -0.467. The molecule has 0 radical (unpaired) electrons. The third-order valence-corrected chi connectivity index (χ3v) is 2.02. The van der Waals surface area contributed by atoms with Gasteiger partial charge in [-0.2, -0.15) is 0 Å². The molecule has 0 amide bonds. The van der Waals surface area contributed by atoms with E-state index in [-0.39, 0.29) is 0 Å². The summed E-state index contributed by atoms with van der Waals surface area (Å²) in [6, 6.07) is 10.1. The van der Waals surface area contributed by atoms with Gasteiger partial charge >= 0.3 is 5.97 Å². The molecule has 2 rings (SSSR count). The predicted octanol–water partition coefficient (Wildman–Crippen LogP) is 1.88. The second kappa shape index (κ2) is 4.44. The molecule has 4 heteroatoms. The Balaban J connectivity index is 2.18. The molecule has 0 aliphatic rings. The Labute approximate surface area is 92.7 Å². The van der Waals surface area contributed by atoms with Crippen LogP contribution in [0.1, 0.15) is 10.4 Å². The molecule has 1 aromatic carbocycles. The van der Waals surface area contributed by atoms with E-state index in [2.05, 4.69) is 4.98 Å². The fourth-order valence-electron chi connectivity index (χ4n) is 1.22. The summed E-state index contributed by atoms with van der Waals surface area (Å²) in [5.41, 5.74) is 6.48. The van der Waals surface area contributed by atoms with Gasteiger partial charge in [0, 0.05) is 12.4 Å². The fraction of sp³-hybridized carbons (Fsp3) is 0. The highest BCUT2D eigenvalue weighted by molar-refractivity contribution is 5.91. The van der Waals surface area contributed by atoms with E-state index < -0.39 is 5.97 Å². The Morgan fingerprint density at radius 2 is 2.00 bits per heavy atom. The first-order chi connectivity index (χ1) is 7.77. The van der Waals surface area contributed by atoms with Gasteiger partial charge in [-0.15, -0.1) is 0 Å². The number of para-hydroxylation sites is 2. The highest BCUT2D eigenvalue weighted by atomic mass is 16.5. The lowest BCUT2D eigenvalue weighted by molar-refractivity contribution is 0.0735. The van der Waals surface area contributed by atoms with E-state index in [1.165, 1.54) is 6.20 Å². The number of hydrogen-bond donors (Lipinski definition) is 1. The van der Waals surface area contributed by atoms with Gasteiger partial charge in [-0.05, 0) is 24.3 Å². The van der Waals surface area contributed by atoms with E-state index >= 15 is 0 Å². The maximum absolute atomic E-state index is 11.6. The molecule has 4 nitrogen and oxygen atoms in total. The Bertz CT molecular complexity index is 497. The van der Waals surface area contributed by atoms with E-state index in [1.54, 1.807) is 42.6 Å². The molecule has 16 heavy (non-hydrogen) atoms. The van der Waals surface area contributed by atoms with E-state index in [0.717, 1.165) is 0 Å². The van der Waals surface area contributed by atoms with Gasteiger partial charge in [0.05, 0.1) is 11.3 Å². The number of anilines is 1. The Morgan fingerprint density at radius 1 is 1.19 bits per heavy atom. The lowest BCUT2D eigenvalue weighted by Crippen LogP contribution is -2.09. The number of nitrogens with two attached hydrogens (primary N) is 1. The Kier molecular flexibility index (Phi) is 2.82. The number of carbonyl (C=O) groups excluding carboxylic acids is 1. The summed E-state index contributed by atoms with van der Waals surface area (Å²) in [6.07, 6.45) is 3.04. The van der Waals surface area contributed by atoms with Crippen LogP contribution in [0.5, 0.6) is 5.75 Å². The second-order valence-corrected chi connectivity index (χ2v) is 3.17. The summed E-state index contributed by atoms with van der Waals surface area (Å²) >= 11 is 0. The van der Waals surface area contributed by atoms with Gasteiger partial charge < -0.3 is 10.5 Å². The molecule has 0 spiro atoms. The number of pyridine rings is 1. The van der Waals surface area contributed by atoms with E-state index in [9.17, 15) is 4.79 Å². The summed E-state index contributed by atoms with van der Waals surface area (Å²) in [5.74, 6) is -0.109. The average Bonchev–Trinajstić information content (AvgIpc) is 2.33. The quantitative estimate of drug-likeness (QED) is 0.471. The van der Waals surface area contributed by atoms with Crippen LogP contribution in [0.4, 0.5) is 5.69 Å². The third kappa shape index (κ3) is 2.17. The van der Waals surface area contributed by atoms with Crippen LogP contribution >= 0.6 is 0 Å².